The van der Waals surface area contributed by atoms with E-state index in [1.165, 1.54) is 7.11 Å². The number of carbonyl (C=O) groups is 1. The highest BCUT2D eigenvalue weighted by atomic mass is 32.2. The Labute approximate surface area is 131 Å². The molecule has 22 heavy (non-hydrogen) atoms. The van der Waals surface area contributed by atoms with Gasteiger partial charge in [0.25, 0.3) is 0 Å². The van der Waals surface area contributed by atoms with Crippen molar-refractivity contribution in [3.05, 3.63) is 24.3 Å². The van der Waals surface area contributed by atoms with E-state index in [2.05, 4.69) is 10.0 Å². The Kier molecular flexibility index (Phi) is 6.19. The zero-order valence-corrected chi connectivity index (χ0v) is 14.0. The summed E-state index contributed by atoms with van der Waals surface area (Å²) in [5.41, 5.74) is 0.334. The minimum atomic E-state index is -3.44. The number of nitrogens with one attached hydrogen (secondary N) is 2. The van der Waals surface area contributed by atoms with E-state index in [-0.39, 0.29) is 12.4 Å². The van der Waals surface area contributed by atoms with Crippen LogP contribution in [0, 0.1) is 0 Å². The number of ether oxygens (including phenoxy) is 2. The molecule has 124 valence electrons. The molecule has 0 heterocycles. The molecular weight excluding hydrogens is 308 g/mol. The van der Waals surface area contributed by atoms with Crippen LogP contribution in [0.2, 0.25) is 0 Å². The molecule has 2 N–H and O–H groups in total. The van der Waals surface area contributed by atoms with Crippen molar-refractivity contribution < 1.29 is 22.7 Å². The maximum absolute atomic E-state index is 11.7. The predicted molar refractivity (Wildman–Crippen MR) is 85.6 cm³/mol. The average molecular weight is 330 g/mol. The lowest BCUT2D eigenvalue weighted by Gasteiger charge is -2.19. The van der Waals surface area contributed by atoms with Gasteiger partial charge in [0.05, 0.1) is 12.4 Å². The first kappa shape index (κ1) is 18.2. The van der Waals surface area contributed by atoms with Gasteiger partial charge in [-0.2, -0.15) is 0 Å². The zero-order valence-electron chi connectivity index (χ0n) is 13.2. The van der Waals surface area contributed by atoms with Crippen molar-refractivity contribution in [1.29, 1.82) is 0 Å². The van der Waals surface area contributed by atoms with Gasteiger partial charge in [-0.1, -0.05) is 0 Å². The van der Waals surface area contributed by atoms with Crippen LogP contribution in [-0.2, 0) is 19.5 Å². The standard InChI is InChI=1S/C14H22N2O5S/c1-14(2,3)21-13(17)15-11-5-7-12(8-6-11)16-22(18,19)10-9-20-4/h5-8,16H,9-10H2,1-4H3,(H,15,17). The SMILES string of the molecule is COCCS(=O)(=O)Nc1ccc(NC(=O)OC(C)(C)C)cc1. The van der Waals surface area contributed by atoms with Gasteiger partial charge in [0, 0.05) is 18.5 Å². The summed E-state index contributed by atoms with van der Waals surface area (Å²) in [5.74, 6) is -0.124. The number of methoxy groups -OCH3 is 1. The number of anilines is 2. The molecule has 0 aliphatic heterocycles. The van der Waals surface area contributed by atoms with E-state index in [0.29, 0.717) is 11.4 Å². The molecule has 1 rings (SSSR count). The van der Waals surface area contributed by atoms with Gasteiger partial charge < -0.3 is 9.47 Å². The normalized spacial score (nSPS) is 11.8. The summed E-state index contributed by atoms with van der Waals surface area (Å²) in [4.78, 5) is 11.6. The molecule has 0 unspecified atom stereocenters. The van der Waals surface area contributed by atoms with Crippen LogP contribution < -0.4 is 10.0 Å². The number of sulfonamides is 1. The first-order valence-electron chi connectivity index (χ1n) is 6.71. The molecule has 0 atom stereocenters. The van der Waals surface area contributed by atoms with E-state index in [0.717, 1.165) is 0 Å². The van der Waals surface area contributed by atoms with Crippen molar-refractivity contribution in [3.8, 4) is 0 Å². The highest BCUT2D eigenvalue weighted by molar-refractivity contribution is 7.92. The molecular formula is C14H22N2O5S. The summed E-state index contributed by atoms with van der Waals surface area (Å²) < 4.78 is 35.7. The maximum atomic E-state index is 11.7. The van der Waals surface area contributed by atoms with Crippen LogP contribution in [0.5, 0.6) is 0 Å². The topological polar surface area (TPSA) is 93.7 Å². The van der Waals surface area contributed by atoms with Crippen LogP contribution in [0.25, 0.3) is 0 Å². The second-order valence-corrected chi connectivity index (χ2v) is 7.46. The van der Waals surface area contributed by atoms with Gasteiger partial charge in [0.1, 0.15) is 5.60 Å². The number of hydrogen-bond donors (Lipinski definition) is 2. The summed E-state index contributed by atoms with van der Waals surface area (Å²) >= 11 is 0. The lowest BCUT2D eigenvalue weighted by molar-refractivity contribution is 0.0636. The molecule has 1 amide bonds. The molecule has 0 saturated heterocycles. The molecule has 0 bridgehead atoms. The van der Waals surface area contributed by atoms with Crippen molar-refractivity contribution in [1.82, 2.24) is 0 Å². The number of rotatable bonds is 6. The van der Waals surface area contributed by atoms with Gasteiger partial charge in [-0.25, -0.2) is 13.2 Å². The summed E-state index contributed by atoms with van der Waals surface area (Å²) in [6, 6.07) is 6.27. The summed E-state index contributed by atoms with van der Waals surface area (Å²) in [6.45, 7) is 5.42. The third-order valence-corrected chi connectivity index (χ3v) is 3.61. The fourth-order valence-corrected chi connectivity index (χ4v) is 2.45. The number of amides is 1. The third kappa shape index (κ3) is 7.28. The fraction of sp³-hybridized carbons (Fsp3) is 0.500. The Bertz CT molecular complexity index is 591. The lowest BCUT2D eigenvalue weighted by atomic mass is 10.2. The van der Waals surface area contributed by atoms with Gasteiger partial charge in [0.15, 0.2) is 0 Å². The molecule has 7 nitrogen and oxygen atoms in total. The van der Waals surface area contributed by atoms with E-state index in [1.54, 1.807) is 45.0 Å². The van der Waals surface area contributed by atoms with E-state index in [4.69, 9.17) is 9.47 Å². The van der Waals surface area contributed by atoms with Crippen molar-refractivity contribution in [2.75, 3.05) is 29.5 Å². The predicted octanol–water partition coefficient (Wildman–Crippen LogP) is 2.42. The second kappa shape index (κ2) is 7.46. The molecule has 8 heteroatoms. The van der Waals surface area contributed by atoms with Crippen LogP contribution in [0.4, 0.5) is 16.2 Å². The minimum Gasteiger partial charge on any atom is -0.444 e. The van der Waals surface area contributed by atoms with Gasteiger partial charge in [-0.05, 0) is 45.0 Å². The van der Waals surface area contributed by atoms with E-state index >= 15 is 0 Å². The Balaban J connectivity index is 2.62. The number of hydrogen-bond acceptors (Lipinski definition) is 5. The van der Waals surface area contributed by atoms with Crippen LogP contribution in [0.3, 0.4) is 0 Å². The highest BCUT2D eigenvalue weighted by Gasteiger charge is 2.16. The van der Waals surface area contributed by atoms with Gasteiger partial charge >= 0.3 is 6.09 Å². The van der Waals surface area contributed by atoms with E-state index in [9.17, 15) is 13.2 Å². The van der Waals surface area contributed by atoms with Crippen LogP contribution in [-0.4, -0.2) is 39.6 Å². The van der Waals surface area contributed by atoms with Crippen molar-refractivity contribution in [2.24, 2.45) is 0 Å². The largest absolute Gasteiger partial charge is 0.444 e. The number of benzene rings is 1. The maximum Gasteiger partial charge on any atom is 0.412 e. The smallest absolute Gasteiger partial charge is 0.412 e. The Morgan fingerprint density at radius 1 is 1.14 bits per heavy atom. The number of carbonyl (C=O) groups excluding carboxylic acids is 1. The molecule has 0 spiro atoms. The molecule has 0 aliphatic rings. The molecule has 1 aromatic rings. The van der Waals surface area contributed by atoms with Crippen molar-refractivity contribution >= 4 is 27.5 Å². The van der Waals surface area contributed by atoms with Gasteiger partial charge in [-0.15, -0.1) is 0 Å². The average Bonchev–Trinajstić information content (AvgIpc) is 2.36. The first-order valence-corrected chi connectivity index (χ1v) is 8.36. The van der Waals surface area contributed by atoms with Crippen LogP contribution in [0.15, 0.2) is 24.3 Å². The molecule has 0 radical (unpaired) electrons. The third-order valence-electron chi connectivity index (χ3n) is 2.36. The van der Waals surface area contributed by atoms with Crippen molar-refractivity contribution in [3.63, 3.8) is 0 Å². The molecule has 0 saturated carbocycles. The molecule has 0 fully saturated rings. The zero-order chi connectivity index (χ0) is 16.8. The summed E-state index contributed by atoms with van der Waals surface area (Å²) in [7, 11) is -2.01. The van der Waals surface area contributed by atoms with Gasteiger partial charge in [0.2, 0.25) is 10.0 Å². The Morgan fingerprint density at radius 2 is 1.68 bits per heavy atom. The second-order valence-electron chi connectivity index (χ2n) is 5.62. The van der Waals surface area contributed by atoms with Crippen LogP contribution >= 0.6 is 0 Å². The summed E-state index contributed by atoms with van der Waals surface area (Å²) in [6.07, 6.45) is -0.569. The lowest BCUT2D eigenvalue weighted by Crippen LogP contribution is -2.27. The minimum absolute atomic E-state index is 0.119. The van der Waals surface area contributed by atoms with Gasteiger partial charge in [-0.3, -0.25) is 10.0 Å². The monoisotopic (exact) mass is 330 g/mol. The van der Waals surface area contributed by atoms with E-state index < -0.39 is 21.7 Å². The molecule has 0 aliphatic carbocycles. The first-order chi connectivity index (χ1) is 10.1. The van der Waals surface area contributed by atoms with Crippen LogP contribution in [0.1, 0.15) is 20.8 Å². The molecule has 1 aromatic carbocycles. The quantitative estimate of drug-likeness (QED) is 0.835. The fourth-order valence-electron chi connectivity index (χ4n) is 1.47. The Morgan fingerprint density at radius 3 is 2.18 bits per heavy atom. The Hall–Kier alpha value is -1.80. The highest BCUT2D eigenvalue weighted by Crippen LogP contribution is 2.16. The van der Waals surface area contributed by atoms with E-state index in [1.807, 2.05) is 0 Å². The molecule has 0 aromatic heterocycles. The summed E-state index contributed by atoms with van der Waals surface area (Å²) in [5, 5.41) is 2.56. The van der Waals surface area contributed by atoms with Crippen molar-refractivity contribution in [2.45, 2.75) is 26.4 Å².